The summed E-state index contributed by atoms with van der Waals surface area (Å²) in [6.45, 7) is 0.886. The van der Waals surface area contributed by atoms with Gasteiger partial charge in [0, 0.05) is 16.8 Å². The molecule has 0 spiro atoms. The average Bonchev–Trinajstić information content (AvgIpc) is 2.69. The molecular weight excluding hydrogens is 409 g/mol. The first-order valence-corrected chi connectivity index (χ1v) is 8.70. The van der Waals surface area contributed by atoms with Gasteiger partial charge >= 0.3 is 6.18 Å². The highest BCUT2D eigenvalue weighted by Crippen LogP contribution is 2.34. The molecule has 0 aliphatic rings. The molecule has 1 aromatic carbocycles. The monoisotopic (exact) mass is 422 g/mol. The molecule has 150 valence electrons. The Bertz CT molecular complexity index is 999. The number of carbonyl (C=O) groups excluding carboxylic acids is 1. The Morgan fingerprint density at radius 2 is 1.93 bits per heavy atom. The van der Waals surface area contributed by atoms with E-state index in [1.807, 2.05) is 0 Å². The van der Waals surface area contributed by atoms with Crippen LogP contribution in [0.1, 0.15) is 17.4 Å². The Balaban J connectivity index is 1.95. The number of hydrogen-bond donors (Lipinski definition) is 1. The van der Waals surface area contributed by atoms with Gasteiger partial charge in [0.1, 0.15) is 0 Å². The van der Waals surface area contributed by atoms with Crippen LogP contribution in [-0.4, -0.2) is 33.4 Å². The molecule has 0 radical (unpaired) electrons. The van der Waals surface area contributed by atoms with E-state index in [0.29, 0.717) is 10.6 Å². The van der Waals surface area contributed by atoms with Gasteiger partial charge in [0.2, 0.25) is 5.88 Å². The van der Waals surface area contributed by atoms with Crippen molar-refractivity contribution in [1.82, 2.24) is 15.2 Å². The fourth-order valence-corrected chi connectivity index (χ4v) is 2.43. The lowest BCUT2D eigenvalue weighted by Gasteiger charge is -2.19. The number of hydrogen-bond acceptors (Lipinski definition) is 5. The van der Waals surface area contributed by atoms with E-state index in [1.54, 1.807) is 30.3 Å². The van der Waals surface area contributed by atoms with Crippen LogP contribution >= 0.6 is 11.6 Å². The molecule has 1 N–H and O–H groups in total. The van der Waals surface area contributed by atoms with Crippen molar-refractivity contribution in [1.29, 1.82) is 0 Å². The molecule has 0 fully saturated rings. The molecule has 0 saturated carbocycles. The van der Waals surface area contributed by atoms with Crippen LogP contribution in [0, 0.1) is 0 Å². The minimum atomic E-state index is -4.56. The third-order valence-electron chi connectivity index (χ3n) is 3.82. The zero-order valence-corrected chi connectivity index (χ0v) is 15.7. The van der Waals surface area contributed by atoms with E-state index in [1.165, 1.54) is 24.5 Å². The Hall–Kier alpha value is -3.20. The second kappa shape index (κ2) is 8.44. The van der Waals surface area contributed by atoms with Gasteiger partial charge in [0.15, 0.2) is 11.8 Å². The molecule has 3 aromatic rings. The molecule has 10 heteroatoms. The number of aromatic nitrogens is 3. The summed E-state index contributed by atoms with van der Waals surface area (Å²) in [6, 6.07) is 10.9. The van der Waals surface area contributed by atoms with Crippen LogP contribution in [-0.2, 0) is 0 Å². The maximum atomic E-state index is 12.9. The summed E-state index contributed by atoms with van der Waals surface area (Å²) in [7, 11) is 0. The van der Waals surface area contributed by atoms with E-state index in [0.717, 1.165) is 6.92 Å². The summed E-state index contributed by atoms with van der Waals surface area (Å²) in [4.78, 5) is 16.2. The molecule has 29 heavy (non-hydrogen) atoms. The number of pyridine rings is 1. The Morgan fingerprint density at radius 1 is 1.21 bits per heavy atom. The first-order chi connectivity index (χ1) is 13.7. The fraction of sp³-hybridized carbons (Fsp3) is 0.158. The van der Waals surface area contributed by atoms with Gasteiger partial charge in [-0.2, -0.15) is 18.3 Å². The van der Waals surface area contributed by atoms with Crippen LogP contribution in [0.5, 0.6) is 5.88 Å². The van der Waals surface area contributed by atoms with Gasteiger partial charge in [-0.3, -0.25) is 4.79 Å². The minimum Gasteiger partial charge on any atom is -0.465 e. The molecule has 6 nitrogen and oxygen atoms in total. The standard InChI is InChI=1S/C19H14ClF3N4O2/c1-11(19(21,22)23)29-18-15(12-4-6-13(20)7-5-12)9-14(10-24-18)26-17(28)16-3-2-8-25-27-16/h2-11H,1H3,(H,26,28). The molecule has 0 saturated heterocycles. The van der Waals surface area contributed by atoms with Gasteiger partial charge in [0.25, 0.3) is 5.91 Å². The van der Waals surface area contributed by atoms with Crippen LogP contribution in [0.25, 0.3) is 11.1 Å². The van der Waals surface area contributed by atoms with Gasteiger partial charge < -0.3 is 10.1 Å². The van der Waals surface area contributed by atoms with E-state index in [-0.39, 0.29) is 22.8 Å². The van der Waals surface area contributed by atoms with Crippen molar-refractivity contribution in [3.05, 3.63) is 65.6 Å². The number of alkyl halides is 3. The lowest BCUT2D eigenvalue weighted by molar-refractivity contribution is -0.189. The molecule has 2 heterocycles. The van der Waals surface area contributed by atoms with E-state index in [2.05, 4.69) is 20.5 Å². The van der Waals surface area contributed by atoms with Crippen LogP contribution < -0.4 is 10.1 Å². The number of anilines is 1. The highest BCUT2D eigenvalue weighted by molar-refractivity contribution is 6.30. The van der Waals surface area contributed by atoms with E-state index >= 15 is 0 Å². The average molecular weight is 423 g/mol. The largest absolute Gasteiger partial charge is 0.465 e. The number of halogens is 4. The zero-order valence-electron chi connectivity index (χ0n) is 14.9. The minimum absolute atomic E-state index is 0.0755. The number of rotatable bonds is 5. The Labute approximate surface area is 168 Å². The van der Waals surface area contributed by atoms with Crippen molar-refractivity contribution in [3.63, 3.8) is 0 Å². The van der Waals surface area contributed by atoms with Crippen molar-refractivity contribution in [3.8, 4) is 17.0 Å². The highest BCUT2D eigenvalue weighted by Gasteiger charge is 2.38. The molecule has 2 aromatic heterocycles. The molecular formula is C19H14ClF3N4O2. The quantitative estimate of drug-likeness (QED) is 0.640. The number of benzene rings is 1. The number of nitrogens with zero attached hydrogens (tertiary/aromatic N) is 3. The maximum Gasteiger partial charge on any atom is 0.425 e. The van der Waals surface area contributed by atoms with Crippen molar-refractivity contribution in [2.75, 3.05) is 5.32 Å². The predicted molar refractivity (Wildman–Crippen MR) is 101 cm³/mol. The predicted octanol–water partition coefficient (Wildman–Crippen LogP) is 4.77. The van der Waals surface area contributed by atoms with Gasteiger partial charge in [-0.1, -0.05) is 23.7 Å². The van der Waals surface area contributed by atoms with Gasteiger partial charge in [-0.05, 0) is 42.8 Å². The van der Waals surface area contributed by atoms with E-state index < -0.39 is 18.2 Å². The molecule has 0 aliphatic heterocycles. The third kappa shape index (κ3) is 5.20. The smallest absolute Gasteiger partial charge is 0.425 e. The summed E-state index contributed by atoms with van der Waals surface area (Å²) in [5.74, 6) is -0.770. The van der Waals surface area contributed by atoms with Gasteiger partial charge in [-0.15, -0.1) is 5.10 Å². The number of amides is 1. The summed E-state index contributed by atoms with van der Waals surface area (Å²) in [6.07, 6.45) is -4.00. The summed E-state index contributed by atoms with van der Waals surface area (Å²) in [5, 5.41) is 10.4. The van der Waals surface area contributed by atoms with E-state index in [4.69, 9.17) is 16.3 Å². The summed E-state index contributed by atoms with van der Waals surface area (Å²) >= 11 is 5.89. The third-order valence-corrected chi connectivity index (χ3v) is 4.07. The summed E-state index contributed by atoms with van der Waals surface area (Å²) in [5.41, 5.74) is 1.10. The normalized spacial score (nSPS) is 12.3. The van der Waals surface area contributed by atoms with Crippen LogP contribution in [0.3, 0.4) is 0 Å². The first kappa shape index (κ1) is 20.5. The van der Waals surface area contributed by atoms with E-state index in [9.17, 15) is 18.0 Å². The van der Waals surface area contributed by atoms with Crippen LogP contribution in [0.15, 0.2) is 54.9 Å². The molecule has 0 aliphatic carbocycles. The van der Waals surface area contributed by atoms with Crippen LogP contribution in [0.2, 0.25) is 5.02 Å². The Morgan fingerprint density at radius 3 is 2.55 bits per heavy atom. The SMILES string of the molecule is CC(Oc1ncc(NC(=O)c2cccnn2)cc1-c1ccc(Cl)cc1)C(F)(F)F. The fourth-order valence-electron chi connectivity index (χ4n) is 2.30. The number of nitrogens with one attached hydrogen (secondary N) is 1. The van der Waals surface area contributed by atoms with Crippen molar-refractivity contribution in [2.45, 2.75) is 19.2 Å². The molecule has 1 unspecified atom stereocenters. The van der Waals surface area contributed by atoms with Crippen molar-refractivity contribution in [2.24, 2.45) is 0 Å². The molecule has 1 atom stereocenters. The van der Waals surface area contributed by atoms with Crippen LogP contribution in [0.4, 0.5) is 18.9 Å². The highest BCUT2D eigenvalue weighted by atomic mass is 35.5. The molecule has 1 amide bonds. The van der Waals surface area contributed by atoms with Gasteiger partial charge in [-0.25, -0.2) is 4.98 Å². The van der Waals surface area contributed by atoms with Gasteiger partial charge in [0.05, 0.1) is 11.9 Å². The Kier molecular flexibility index (Phi) is 5.97. The maximum absolute atomic E-state index is 12.9. The zero-order chi connectivity index (χ0) is 21.0. The second-order valence-electron chi connectivity index (χ2n) is 5.95. The molecule has 0 bridgehead atoms. The lowest BCUT2D eigenvalue weighted by atomic mass is 10.1. The lowest BCUT2D eigenvalue weighted by Crippen LogP contribution is -2.31. The second-order valence-corrected chi connectivity index (χ2v) is 6.38. The number of carbonyl (C=O) groups is 1. The first-order valence-electron chi connectivity index (χ1n) is 8.32. The summed E-state index contributed by atoms with van der Waals surface area (Å²) < 4.78 is 43.8. The number of ether oxygens (including phenoxy) is 1. The van der Waals surface area contributed by atoms with Crippen molar-refractivity contribution < 1.29 is 22.7 Å². The topological polar surface area (TPSA) is 77.0 Å². The van der Waals surface area contributed by atoms with Crippen molar-refractivity contribution >= 4 is 23.2 Å². The molecule has 3 rings (SSSR count).